The summed E-state index contributed by atoms with van der Waals surface area (Å²) >= 11 is 2.89. The quantitative estimate of drug-likeness (QED) is 0.543. The van der Waals surface area contributed by atoms with E-state index in [-0.39, 0.29) is 12.3 Å². The van der Waals surface area contributed by atoms with Crippen LogP contribution in [0.4, 0.5) is 5.13 Å². The average Bonchev–Trinajstić information content (AvgIpc) is 3.41. The first-order valence-corrected chi connectivity index (χ1v) is 9.57. The van der Waals surface area contributed by atoms with E-state index in [9.17, 15) is 4.79 Å². The molecule has 0 saturated heterocycles. The van der Waals surface area contributed by atoms with E-state index >= 15 is 0 Å². The maximum Gasteiger partial charge on any atom is 0.248 e. The average molecular weight is 383 g/mol. The number of aromatic nitrogens is 4. The summed E-state index contributed by atoms with van der Waals surface area (Å²) in [7, 11) is 0. The maximum absolute atomic E-state index is 12.1. The molecule has 0 spiro atoms. The monoisotopic (exact) mass is 383 g/mol. The van der Waals surface area contributed by atoms with E-state index in [4.69, 9.17) is 4.42 Å². The Bertz CT molecular complexity index is 995. The van der Waals surface area contributed by atoms with Crippen molar-refractivity contribution >= 4 is 33.7 Å². The van der Waals surface area contributed by atoms with Crippen molar-refractivity contribution in [3.63, 3.8) is 0 Å². The van der Waals surface area contributed by atoms with Gasteiger partial charge in [0.2, 0.25) is 22.8 Å². The molecule has 3 aromatic heterocycles. The number of hydrogen-bond donors (Lipinski definition) is 1. The van der Waals surface area contributed by atoms with Crippen LogP contribution in [-0.2, 0) is 11.2 Å². The molecule has 0 saturated carbocycles. The van der Waals surface area contributed by atoms with Gasteiger partial charge in [0.15, 0.2) is 0 Å². The first-order chi connectivity index (χ1) is 12.8. The lowest BCUT2D eigenvalue weighted by Gasteiger charge is -1.98. The normalized spacial score (nSPS) is 10.8. The van der Waals surface area contributed by atoms with Crippen LogP contribution in [-0.4, -0.2) is 26.3 Å². The van der Waals surface area contributed by atoms with Gasteiger partial charge in [0.05, 0.1) is 0 Å². The van der Waals surface area contributed by atoms with E-state index in [0.29, 0.717) is 23.3 Å². The van der Waals surface area contributed by atoms with Crippen LogP contribution in [0.15, 0.2) is 51.6 Å². The zero-order valence-electron chi connectivity index (χ0n) is 13.5. The number of carbonyl (C=O) groups is 1. The van der Waals surface area contributed by atoms with E-state index in [1.54, 1.807) is 11.3 Å². The van der Waals surface area contributed by atoms with Crippen LogP contribution >= 0.6 is 22.7 Å². The molecule has 0 radical (unpaired) electrons. The SMILES string of the molecule is O=C(CCc1nnc(-c2ccsc2)o1)Nc1nnc(-c2ccccc2)s1. The minimum absolute atomic E-state index is 0.170. The molecule has 0 aliphatic rings. The fourth-order valence-corrected chi connectivity index (χ4v) is 3.63. The van der Waals surface area contributed by atoms with Crippen molar-refractivity contribution in [1.29, 1.82) is 0 Å². The van der Waals surface area contributed by atoms with E-state index in [0.717, 1.165) is 16.1 Å². The number of hydrogen-bond acceptors (Lipinski definition) is 8. The highest BCUT2D eigenvalue weighted by Crippen LogP contribution is 2.26. The number of nitrogens with zero attached hydrogens (tertiary/aromatic N) is 4. The summed E-state index contributed by atoms with van der Waals surface area (Å²) in [4.78, 5) is 12.1. The first-order valence-electron chi connectivity index (χ1n) is 7.81. The highest BCUT2D eigenvalue weighted by Gasteiger charge is 2.13. The van der Waals surface area contributed by atoms with E-state index in [1.165, 1.54) is 11.3 Å². The Kier molecular flexibility index (Phi) is 4.80. The molecule has 0 fully saturated rings. The number of anilines is 1. The fraction of sp³-hybridized carbons (Fsp3) is 0.118. The Balaban J connectivity index is 1.33. The zero-order chi connectivity index (χ0) is 17.8. The lowest BCUT2D eigenvalue weighted by molar-refractivity contribution is -0.116. The van der Waals surface area contributed by atoms with Crippen molar-refractivity contribution in [1.82, 2.24) is 20.4 Å². The lowest BCUT2D eigenvalue weighted by Crippen LogP contribution is -2.12. The molecule has 1 aromatic carbocycles. The molecule has 3 heterocycles. The Hall–Kier alpha value is -2.91. The number of benzene rings is 1. The topological polar surface area (TPSA) is 93.8 Å². The van der Waals surface area contributed by atoms with E-state index in [1.807, 2.05) is 47.2 Å². The summed E-state index contributed by atoms with van der Waals surface area (Å²) < 4.78 is 5.57. The van der Waals surface area contributed by atoms with Crippen LogP contribution in [0.25, 0.3) is 22.0 Å². The summed E-state index contributed by atoms with van der Waals surface area (Å²) in [5.74, 6) is 0.734. The second kappa shape index (κ2) is 7.54. The van der Waals surface area contributed by atoms with Crippen LogP contribution in [0.3, 0.4) is 0 Å². The van der Waals surface area contributed by atoms with Crippen molar-refractivity contribution in [3.8, 4) is 22.0 Å². The molecule has 0 bridgehead atoms. The van der Waals surface area contributed by atoms with Gasteiger partial charge in [0.25, 0.3) is 0 Å². The molecule has 4 rings (SSSR count). The molecular weight excluding hydrogens is 370 g/mol. The molecule has 0 aliphatic heterocycles. The van der Waals surface area contributed by atoms with Crippen LogP contribution in [0.2, 0.25) is 0 Å². The van der Waals surface area contributed by atoms with Crippen molar-refractivity contribution in [3.05, 3.63) is 53.0 Å². The molecule has 1 N–H and O–H groups in total. The van der Waals surface area contributed by atoms with Gasteiger partial charge in [-0.25, -0.2) is 0 Å². The number of amides is 1. The molecule has 0 aliphatic carbocycles. The standard InChI is InChI=1S/C17H13N5O2S2/c23-13(6-7-14-19-20-15(24-14)12-8-9-25-10-12)18-17-22-21-16(26-17)11-4-2-1-3-5-11/h1-5,8-10H,6-7H2,(H,18,22,23). The molecular formula is C17H13N5O2S2. The third-order valence-electron chi connectivity index (χ3n) is 3.49. The molecule has 4 aromatic rings. The van der Waals surface area contributed by atoms with Crippen molar-refractivity contribution in [2.45, 2.75) is 12.8 Å². The first kappa shape index (κ1) is 16.6. The fourth-order valence-electron chi connectivity index (χ4n) is 2.23. The lowest BCUT2D eigenvalue weighted by atomic mass is 10.2. The van der Waals surface area contributed by atoms with E-state index in [2.05, 4.69) is 25.7 Å². The zero-order valence-corrected chi connectivity index (χ0v) is 15.1. The van der Waals surface area contributed by atoms with Gasteiger partial charge in [0.1, 0.15) is 5.01 Å². The van der Waals surface area contributed by atoms with Gasteiger partial charge in [0, 0.05) is 29.3 Å². The van der Waals surface area contributed by atoms with Crippen LogP contribution < -0.4 is 5.32 Å². The van der Waals surface area contributed by atoms with Gasteiger partial charge in [-0.2, -0.15) is 11.3 Å². The summed E-state index contributed by atoms with van der Waals surface area (Å²) in [5, 5.41) is 24.0. The van der Waals surface area contributed by atoms with Gasteiger partial charge in [-0.1, -0.05) is 41.7 Å². The second-order valence-electron chi connectivity index (χ2n) is 5.34. The minimum Gasteiger partial charge on any atom is -0.421 e. The molecule has 1 amide bonds. The number of nitrogens with one attached hydrogen (secondary N) is 1. The Morgan fingerprint density at radius 3 is 2.73 bits per heavy atom. The highest BCUT2D eigenvalue weighted by molar-refractivity contribution is 7.18. The van der Waals surface area contributed by atoms with Crippen molar-refractivity contribution < 1.29 is 9.21 Å². The Labute approximate surface area is 156 Å². The highest BCUT2D eigenvalue weighted by atomic mass is 32.1. The summed E-state index contributed by atoms with van der Waals surface area (Å²) in [6.07, 6.45) is 0.596. The van der Waals surface area contributed by atoms with Crippen molar-refractivity contribution in [2.75, 3.05) is 5.32 Å². The van der Waals surface area contributed by atoms with Gasteiger partial charge >= 0.3 is 0 Å². The van der Waals surface area contributed by atoms with Gasteiger partial charge < -0.3 is 9.73 Å². The maximum atomic E-state index is 12.1. The van der Waals surface area contributed by atoms with Gasteiger partial charge in [-0.05, 0) is 11.4 Å². The Morgan fingerprint density at radius 1 is 1.04 bits per heavy atom. The van der Waals surface area contributed by atoms with Gasteiger partial charge in [-0.15, -0.1) is 20.4 Å². The smallest absolute Gasteiger partial charge is 0.248 e. The van der Waals surface area contributed by atoms with Gasteiger partial charge in [-0.3, -0.25) is 4.79 Å². The third kappa shape index (κ3) is 3.84. The molecule has 26 heavy (non-hydrogen) atoms. The molecule has 0 unspecified atom stereocenters. The van der Waals surface area contributed by atoms with Crippen molar-refractivity contribution in [2.24, 2.45) is 0 Å². The minimum atomic E-state index is -0.170. The number of aryl methyl sites for hydroxylation is 1. The Morgan fingerprint density at radius 2 is 1.92 bits per heavy atom. The molecule has 7 nitrogen and oxygen atoms in total. The number of rotatable bonds is 6. The predicted octanol–water partition coefficient (Wildman–Crippen LogP) is 3.89. The third-order valence-corrected chi connectivity index (χ3v) is 5.06. The van der Waals surface area contributed by atoms with Crippen LogP contribution in [0.1, 0.15) is 12.3 Å². The summed E-state index contributed by atoms with van der Waals surface area (Å²) in [6, 6.07) is 11.6. The number of carbonyl (C=O) groups excluding carboxylic acids is 1. The summed E-state index contributed by atoms with van der Waals surface area (Å²) in [5.41, 5.74) is 1.86. The van der Waals surface area contributed by atoms with E-state index < -0.39 is 0 Å². The molecule has 9 heteroatoms. The summed E-state index contributed by atoms with van der Waals surface area (Å²) in [6.45, 7) is 0. The van der Waals surface area contributed by atoms with Crippen LogP contribution in [0, 0.1) is 0 Å². The van der Waals surface area contributed by atoms with Crippen LogP contribution in [0.5, 0.6) is 0 Å². The number of thiophene rings is 1. The largest absolute Gasteiger partial charge is 0.421 e. The second-order valence-corrected chi connectivity index (χ2v) is 7.10. The molecule has 130 valence electrons. The predicted molar refractivity (Wildman–Crippen MR) is 99.9 cm³/mol. The molecule has 0 atom stereocenters.